The molecule has 7 heteroatoms. The normalized spacial score (nSPS) is 24.6. The molecule has 1 aliphatic heterocycles. The van der Waals surface area contributed by atoms with Gasteiger partial charge in [-0.05, 0) is 67.8 Å². The molecule has 37 heavy (non-hydrogen) atoms. The summed E-state index contributed by atoms with van der Waals surface area (Å²) in [5.41, 5.74) is 1.73. The summed E-state index contributed by atoms with van der Waals surface area (Å²) in [5.74, 6) is -0.291. The molecule has 2 fully saturated rings. The average molecular weight is 546 g/mol. The van der Waals surface area contributed by atoms with Crippen LogP contribution in [0.3, 0.4) is 0 Å². The molecule has 1 N–H and O–H groups in total. The minimum atomic E-state index is -0.944. The van der Waals surface area contributed by atoms with Gasteiger partial charge in [-0.15, -0.1) is 24.8 Å². The molecule has 0 radical (unpaired) electrons. The molecule has 3 atom stereocenters. The van der Waals surface area contributed by atoms with Crippen molar-refractivity contribution in [1.82, 2.24) is 9.80 Å². The van der Waals surface area contributed by atoms with Crippen molar-refractivity contribution in [3.63, 3.8) is 0 Å². The topological polar surface area (TPSA) is 53.0 Å². The van der Waals surface area contributed by atoms with Crippen LogP contribution in [0.2, 0.25) is 0 Å². The number of hydrogen-bond donors (Lipinski definition) is 1. The third-order valence-corrected chi connectivity index (χ3v) is 7.96. The summed E-state index contributed by atoms with van der Waals surface area (Å²) in [6, 6.07) is 22.2. The quantitative estimate of drug-likeness (QED) is 0.432. The minimum absolute atomic E-state index is 0. The predicted molar refractivity (Wildman–Crippen MR) is 154 cm³/mol. The van der Waals surface area contributed by atoms with Gasteiger partial charge in [0.1, 0.15) is 6.10 Å². The maximum absolute atomic E-state index is 12.8. The SMILES string of the molecule is Cc1ccc(C(=O)OC2CCC(O)(c3ccc4ccccc4c3)C(CN3CCN(C)CC3)C2)cc1.Cl.Cl. The predicted octanol–water partition coefficient (Wildman–Crippen LogP) is 5.45. The lowest BCUT2D eigenvalue weighted by molar-refractivity contribution is -0.100. The number of piperazine rings is 1. The number of likely N-dealkylation sites (N-methyl/N-ethyl adjacent to an activating group) is 1. The van der Waals surface area contributed by atoms with Gasteiger partial charge in [0.15, 0.2) is 0 Å². The Morgan fingerprint density at radius 2 is 1.65 bits per heavy atom. The van der Waals surface area contributed by atoms with E-state index in [-0.39, 0.29) is 42.8 Å². The molecular formula is C30H38Cl2N2O3. The highest BCUT2D eigenvalue weighted by molar-refractivity contribution is 5.89. The smallest absolute Gasteiger partial charge is 0.338 e. The van der Waals surface area contributed by atoms with Crippen molar-refractivity contribution in [1.29, 1.82) is 0 Å². The van der Waals surface area contributed by atoms with Crippen LogP contribution in [0.5, 0.6) is 0 Å². The third-order valence-electron chi connectivity index (χ3n) is 7.96. The first-order valence-electron chi connectivity index (χ1n) is 12.8. The largest absolute Gasteiger partial charge is 0.459 e. The Hall–Kier alpha value is -2.15. The zero-order valence-electron chi connectivity index (χ0n) is 21.6. The second-order valence-corrected chi connectivity index (χ2v) is 10.5. The van der Waals surface area contributed by atoms with Crippen LogP contribution in [-0.4, -0.2) is 66.8 Å². The van der Waals surface area contributed by atoms with Crippen LogP contribution < -0.4 is 0 Å². The Morgan fingerprint density at radius 1 is 0.973 bits per heavy atom. The van der Waals surface area contributed by atoms with Crippen molar-refractivity contribution in [2.24, 2.45) is 5.92 Å². The molecule has 0 amide bonds. The lowest BCUT2D eigenvalue weighted by Gasteiger charge is -2.46. The maximum Gasteiger partial charge on any atom is 0.338 e. The van der Waals surface area contributed by atoms with Crippen LogP contribution in [-0.2, 0) is 10.3 Å². The van der Waals surface area contributed by atoms with Gasteiger partial charge < -0.3 is 19.6 Å². The lowest BCUT2D eigenvalue weighted by atomic mass is 9.70. The highest BCUT2D eigenvalue weighted by Gasteiger charge is 2.45. The Bertz CT molecular complexity index is 1180. The van der Waals surface area contributed by atoms with E-state index in [1.165, 1.54) is 5.39 Å². The molecule has 3 unspecified atom stereocenters. The van der Waals surface area contributed by atoms with E-state index in [2.05, 4.69) is 47.2 Å². The number of ether oxygens (including phenoxy) is 1. The highest BCUT2D eigenvalue weighted by Crippen LogP contribution is 2.44. The number of esters is 1. The highest BCUT2D eigenvalue weighted by atomic mass is 35.5. The fraction of sp³-hybridized carbons (Fsp3) is 0.433. The molecule has 0 bridgehead atoms. The molecule has 1 saturated carbocycles. The minimum Gasteiger partial charge on any atom is -0.459 e. The number of benzene rings is 3. The summed E-state index contributed by atoms with van der Waals surface area (Å²) in [6.45, 7) is 6.87. The molecule has 0 aromatic heterocycles. The van der Waals surface area contributed by atoms with Gasteiger partial charge in [-0.25, -0.2) is 4.79 Å². The first kappa shape index (κ1) is 29.4. The fourth-order valence-corrected chi connectivity index (χ4v) is 5.64. The number of fused-ring (bicyclic) bond motifs is 1. The van der Waals surface area contributed by atoms with Gasteiger partial charge in [0.2, 0.25) is 0 Å². The van der Waals surface area contributed by atoms with Crippen LogP contribution in [0.4, 0.5) is 0 Å². The molecule has 1 heterocycles. The molecule has 2 aliphatic rings. The van der Waals surface area contributed by atoms with Crippen LogP contribution in [0, 0.1) is 12.8 Å². The van der Waals surface area contributed by atoms with Gasteiger partial charge in [-0.1, -0.05) is 54.1 Å². The van der Waals surface area contributed by atoms with Crippen molar-refractivity contribution in [2.75, 3.05) is 39.8 Å². The summed E-state index contributed by atoms with van der Waals surface area (Å²) >= 11 is 0. The van der Waals surface area contributed by atoms with E-state index in [1.807, 2.05) is 43.3 Å². The van der Waals surface area contributed by atoms with Crippen LogP contribution >= 0.6 is 24.8 Å². The van der Waals surface area contributed by atoms with E-state index < -0.39 is 5.60 Å². The van der Waals surface area contributed by atoms with E-state index in [4.69, 9.17) is 4.74 Å². The lowest BCUT2D eigenvalue weighted by Crippen LogP contribution is -2.52. The van der Waals surface area contributed by atoms with Gasteiger partial charge in [-0.2, -0.15) is 0 Å². The van der Waals surface area contributed by atoms with Crippen LogP contribution in [0.1, 0.15) is 40.7 Å². The van der Waals surface area contributed by atoms with E-state index >= 15 is 0 Å². The Balaban J connectivity index is 0.00000190. The van der Waals surface area contributed by atoms with Crippen molar-refractivity contribution in [3.05, 3.63) is 83.4 Å². The standard InChI is InChI=1S/C30H36N2O3.2ClH/c1-22-7-9-24(10-8-22)29(33)35-28-13-14-30(34,26-12-11-23-5-3-4-6-25(23)19-26)27(20-28)21-32-17-15-31(2)16-18-32;;/h3-12,19,27-28,34H,13-18,20-21H2,1-2H3;2*1H. The summed E-state index contributed by atoms with van der Waals surface area (Å²) in [7, 11) is 2.16. The molecule has 0 spiro atoms. The second kappa shape index (κ2) is 12.6. The number of carbonyl (C=O) groups is 1. The molecule has 3 aromatic rings. The maximum atomic E-state index is 12.8. The van der Waals surface area contributed by atoms with Crippen LogP contribution in [0.15, 0.2) is 66.7 Å². The monoisotopic (exact) mass is 544 g/mol. The van der Waals surface area contributed by atoms with Crippen LogP contribution in [0.25, 0.3) is 10.8 Å². The Labute approximate surface area is 232 Å². The second-order valence-electron chi connectivity index (χ2n) is 10.5. The number of halogens is 2. The number of hydrogen-bond acceptors (Lipinski definition) is 5. The summed E-state index contributed by atoms with van der Waals surface area (Å²) in [4.78, 5) is 17.6. The molecule has 5 nitrogen and oxygen atoms in total. The Kier molecular flexibility index (Phi) is 10.0. The number of aliphatic hydroxyl groups is 1. The van der Waals surface area contributed by atoms with E-state index in [0.29, 0.717) is 24.8 Å². The van der Waals surface area contributed by atoms with E-state index in [1.54, 1.807) is 0 Å². The summed E-state index contributed by atoms with van der Waals surface area (Å²) in [6.07, 6.45) is 1.70. The molecule has 5 rings (SSSR count). The van der Waals surface area contributed by atoms with Gasteiger partial charge in [0.25, 0.3) is 0 Å². The zero-order valence-corrected chi connectivity index (χ0v) is 23.3. The molecule has 200 valence electrons. The molecule has 1 saturated heterocycles. The van der Waals surface area contributed by atoms with Crippen molar-refractivity contribution < 1.29 is 14.6 Å². The number of carbonyl (C=O) groups excluding carboxylic acids is 1. The average Bonchev–Trinajstić information content (AvgIpc) is 2.87. The van der Waals surface area contributed by atoms with E-state index in [9.17, 15) is 9.90 Å². The molecule has 3 aromatic carbocycles. The van der Waals surface area contributed by atoms with Gasteiger partial charge in [0, 0.05) is 38.6 Å². The van der Waals surface area contributed by atoms with Gasteiger partial charge >= 0.3 is 5.97 Å². The first-order valence-corrected chi connectivity index (χ1v) is 12.8. The first-order chi connectivity index (χ1) is 16.9. The van der Waals surface area contributed by atoms with Gasteiger partial charge in [0.05, 0.1) is 11.2 Å². The van der Waals surface area contributed by atoms with Gasteiger partial charge in [-0.3, -0.25) is 0 Å². The number of nitrogens with zero attached hydrogens (tertiary/aromatic N) is 2. The third kappa shape index (κ3) is 6.65. The van der Waals surface area contributed by atoms with Crippen molar-refractivity contribution >= 4 is 41.6 Å². The van der Waals surface area contributed by atoms with E-state index in [0.717, 1.165) is 49.2 Å². The number of rotatable bonds is 5. The van der Waals surface area contributed by atoms with Crippen molar-refractivity contribution in [2.45, 2.75) is 37.9 Å². The fourth-order valence-electron chi connectivity index (χ4n) is 5.64. The summed E-state index contributed by atoms with van der Waals surface area (Å²) in [5, 5.41) is 14.5. The van der Waals surface area contributed by atoms with Crippen molar-refractivity contribution in [3.8, 4) is 0 Å². The summed E-state index contributed by atoms with van der Waals surface area (Å²) < 4.78 is 5.98. The molecule has 1 aliphatic carbocycles. The zero-order chi connectivity index (χ0) is 24.4. The Morgan fingerprint density at radius 3 is 2.35 bits per heavy atom. The molecular weight excluding hydrogens is 507 g/mol. The number of aryl methyl sites for hydroxylation is 1.